The van der Waals surface area contributed by atoms with Crippen LogP contribution < -0.4 is 10.2 Å². The Balaban J connectivity index is 0.00000104. The predicted octanol–water partition coefficient (Wildman–Crippen LogP) is 4.60. The second-order valence-corrected chi connectivity index (χ2v) is 10.7. The van der Waals surface area contributed by atoms with Crippen LogP contribution in [0.25, 0.3) is 0 Å². The molecule has 9 nitrogen and oxygen atoms in total. The number of fused-ring (bicyclic) bond motifs is 1. The molecule has 0 aliphatic carbocycles. The Labute approximate surface area is 203 Å². The third-order valence-electron chi connectivity index (χ3n) is 5.98. The Hall–Kier alpha value is -2.17. The number of nitrogens with zero attached hydrogens (tertiary/aromatic N) is 1. The van der Waals surface area contributed by atoms with Crippen molar-refractivity contribution in [3.8, 4) is 0 Å². The summed E-state index contributed by atoms with van der Waals surface area (Å²) < 4.78 is 31.6. The maximum atomic E-state index is 12.8. The monoisotopic (exact) mass is 500 g/mol. The number of hydrogen-bond acceptors (Lipinski definition) is 5. The first-order valence-corrected chi connectivity index (χ1v) is 13.1. The van der Waals surface area contributed by atoms with Crippen LogP contribution >= 0.6 is 0 Å². The lowest BCUT2D eigenvalue weighted by Gasteiger charge is -2.28. The van der Waals surface area contributed by atoms with E-state index in [4.69, 9.17) is 17.5 Å². The van der Waals surface area contributed by atoms with Crippen molar-refractivity contribution in [1.29, 1.82) is 0 Å². The average molecular weight is 501 g/mol. The van der Waals surface area contributed by atoms with Crippen molar-refractivity contribution in [2.45, 2.75) is 86.5 Å². The maximum absolute atomic E-state index is 12.8. The van der Waals surface area contributed by atoms with Gasteiger partial charge in [-0.3, -0.25) is 18.7 Å². The minimum absolute atomic E-state index is 0.0135. The number of carboxylic acids is 1. The van der Waals surface area contributed by atoms with E-state index in [0.717, 1.165) is 54.0 Å². The average Bonchev–Trinajstić information content (AvgIpc) is 3.10. The normalized spacial score (nSPS) is 13.2. The van der Waals surface area contributed by atoms with Gasteiger partial charge in [-0.05, 0) is 48.9 Å². The molecule has 10 heteroatoms. The SMILES string of the molecule is CCCCCCCN1CCc2c(C)c(CC(=O)O)c(C)c(NC(=O)C(C)(C)C)c21.O=S(=O)(O)O. The maximum Gasteiger partial charge on any atom is 0.394 e. The van der Waals surface area contributed by atoms with Crippen molar-refractivity contribution in [3.05, 3.63) is 22.3 Å². The van der Waals surface area contributed by atoms with Gasteiger partial charge >= 0.3 is 16.4 Å². The van der Waals surface area contributed by atoms with Crippen molar-refractivity contribution >= 4 is 33.7 Å². The number of aliphatic carboxylic acids is 1. The van der Waals surface area contributed by atoms with E-state index in [-0.39, 0.29) is 12.3 Å². The van der Waals surface area contributed by atoms with Gasteiger partial charge in [-0.1, -0.05) is 53.4 Å². The van der Waals surface area contributed by atoms with Crippen LogP contribution in [0.1, 0.15) is 82.1 Å². The highest BCUT2D eigenvalue weighted by Gasteiger charge is 2.31. The van der Waals surface area contributed by atoms with E-state index in [1.54, 1.807) is 0 Å². The molecule has 0 atom stereocenters. The number of benzene rings is 1. The second-order valence-electron chi connectivity index (χ2n) is 9.80. The molecule has 1 aliphatic heterocycles. The number of hydrogen-bond donors (Lipinski definition) is 4. The molecule has 0 unspecified atom stereocenters. The first kappa shape index (κ1) is 29.9. The zero-order valence-electron chi connectivity index (χ0n) is 21.2. The van der Waals surface area contributed by atoms with Crippen LogP contribution in [0.15, 0.2) is 0 Å². The Bertz CT molecular complexity index is 974. The molecule has 0 saturated carbocycles. The summed E-state index contributed by atoms with van der Waals surface area (Å²) in [5.41, 5.74) is 5.41. The number of carbonyl (C=O) groups is 2. The van der Waals surface area contributed by atoms with E-state index in [9.17, 15) is 14.7 Å². The highest BCUT2D eigenvalue weighted by atomic mass is 32.3. The van der Waals surface area contributed by atoms with Crippen molar-refractivity contribution in [1.82, 2.24) is 0 Å². The predicted molar refractivity (Wildman–Crippen MR) is 134 cm³/mol. The van der Waals surface area contributed by atoms with Gasteiger partial charge < -0.3 is 15.3 Å². The molecule has 1 aliphatic rings. The largest absolute Gasteiger partial charge is 0.481 e. The summed E-state index contributed by atoms with van der Waals surface area (Å²) in [7, 11) is -4.67. The molecule has 0 spiro atoms. The molecular weight excluding hydrogens is 460 g/mol. The molecule has 1 heterocycles. The van der Waals surface area contributed by atoms with Gasteiger partial charge in [0.1, 0.15) is 0 Å². The van der Waals surface area contributed by atoms with Gasteiger partial charge in [-0.15, -0.1) is 0 Å². The standard InChI is InChI=1S/C24H38N2O3.H2O4S/c1-7-8-9-10-11-13-26-14-12-18-16(2)19(15-20(27)28)17(3)21(22(18)26)25-23(29)24(4,5)6;1-5(2,3)4/h7-15H2,1-6H3,(H,25,29)(H,27,28);(H2,1,2,3,4). The lowest BCUT2D eigenvalue weighted by atomic mass is 9.90. The minimum atomic E-state index is -4.67. The van der Waals surface area contributed by atoms with Crippen LogP contribution in [0.3, 0.4) is 0 Å². The van der Waals surface area contributed by atoms with Gasteiger partial charge in [-0.2, -0.15) is 8.42 Å². The number of anilines is 2. The summed E-state index contributed by atoms with van der Waals surface area (Å²) in [5, 5.41) is 12.6. The quantitative estimate of drug-likeness (QED) is 0.284. The summed E-state index contributed by atoms with van der Waals surface area (Å²) in [6, 6.07) is 0. The fraction of sp³-hybridized carbons (Fsp3) is 0.667. The molecule has 2 rings (SSSR count). The summed E-state index contributed by atoms with van der Waals surface area (Å²) in [6.07, 6.45) is 7.03. The highest BCUT2D eigenvalue weighted by Crippen LogP contribution is 2.43. The first-order valence-electron chi connectivity index (χ1n) is 11.7. The van der Waals surface area contributed by atoms with Gasteiger partial charge in [0.05, 0.1) is 17.8 Å². The van der Waals surface area contributed by atoms with Crippen LogP contribution in [-0.4, -0.2) is 47.6 Å². The van der Waals surface area contributed by atoms with Crippen LogP contribution in [0.2, 0.25) is 0 Å². The molecule has 34 heavy (non-hydrogen) atoms. The van der Waals surface area contributed by atoms with Gasteiger partial charge in [0.15, 0.2) is 0 Å². The van der Waals surface area contributed by atoms with Crippen LogP contribution in [-0.2, 0) is 32.8 Å². The fourth-order valence-corrected chi connectivity index (χ4v) is 4.13. The molecule has 0 radical (unpaired) electrons. The van der Waals surface area contributed by atoms with Crippen LogP contribution in [0.4, 0.5) is 11.4 Å². The second kappa shape index (κ2) is 12.5. The van der Waals surface area contributed by atoms with E-state index in [1.807, 2.05) is 34.6 Å². The number of rotatable bonds is 9. The summed E-state index contributed by atoms with van der Waals surface area (Å²) in [6.45, 7) is 13.8. The van der Waals surface area contributed by atoms with Crippen molar-refractivity contribution < 1.29 is 32.2 Å². The number of amides is 1. The highest BCUT2D eigenvalue weighted by molar-refractivity contribution is 7.79. The van der Waals surface area contributed by atoms with E-state index in [1.165, 1.54) is 31.2 Å². The summed E-state index contributed by atoms with van der Waals surface area (Å²) >= 11 is 0. The zero-order valence-corrected chi connectivity index (χ0v) is 22.0. The molecule has 1 aromatic carbocycles. The molecule has 1 amide bonds. The molecule has 0 aromatic heterocycles. The number of carboxylic acid groups (broad SMARTS) is 1. The smallest absolute Gasteiger partial charge is 0.394 e. The number of nitrogens with one attached hydrogen (secondary N) is 1. The molecule has 194 valence electrons. The zero-order chi connectivity index (χ0) is 26.3. The van der Waals surface area contributed by atoms with Gasteiger partial charge in [-0.25, -0.2) is 0 Å². The first-order chi connectivity index (χ1) is 15.6. The summed E-state index contributed by atoms with van der Waals surface area (Å²) in [4.78, 5) is 26.7. The van der Waals surface area contributed by atoms with E-state index < -0.39 is 21.8 Å². The Morgan fingerprint density at radius 2 is 1.59 bits per heavy atom. The van der Waals surface area contributed by atoms with Crippen molar-refractivity contribution in [2.24, 2.45) is 5.41 Å². The lowest BCUT2D eigenvalue weighted by molar-refractivity contribution is -0.136. The summed E-state index contributed by atoms with van der Waals surface area (Å²) in [5.74, 6) is -0.877. The molecule has 1 aromatic rings. The Morgan fingerprint density at radius 1 is 1.03 bits per heavy atom. The van der Waals surface area contributed by atoms with E-state index >= 15 is 0 Å². The van der Waals surface area contributed by atoms with Crippen molar-refractivity contribution in [2.75, 3.05) is 23.3 Å². The van der Waals surface area contributed by atoms with Gasteiger partial charge in [0.25, 0.3) is 0 Å². The third-order valence-corrected chi connectivity index (χ3v) is 5.98. The van der Waals surface area contributed by atoms with Crippen molar-refractivity contribution in [3.63, 3.8) is 0 Å². The van der Waals surface area contributed by atoms with Crippen LogP contribution in [0.5, 0.6) is 0 Å². The van der Waals surface area contributed by atoms with Gasteiger partial charge in [0.2, 0.25) is 5.91 Å². The van der Waals surface area contributed by atoms with E-state index in [0.29, 0.717) is 0 Å². The Morgan fingerprint density at radius 3 is 2.09 bits per heavy atom. The number of unbranched alkanes of at least 4 members (excludes halogenated alkanes) is 4. The Kier molecular flexibility index (Phi) is 11.0. The topological polar surface area (TPSA) is 144 Å². The van der Waals surface area contributed by atoms with Crippen LogP contribution in [0, 0.1) is 19.3 Å². The number of carbonyl (C=O) groups excluding carboxylic acids is 1. The lowest BCUT2D eigenvalue weighted by Crippen LogP contribution is -2.30. The molecule has 0 bridgehead atoms. The van der Waals surface area contributed by atoms with Gasteiger partial charge in [0, 0.05) is 18.5 Å². The minimum Gasteiger partial charge on any atom is -0.481 e. The molecule has 0 saturated heterocycles. The third kappa shape index (κ3) is 9.23. The molecule has 0 fully saturated rings. The molecular formula is C24H40N2O7S. The fourth-order valence-electron chi connectivity index (χ4n) is 4.13. The molecule has 4 N–H and O–H groups in total. The van der Waals surface area contributed by atoms with E-state index in [2.05, 4.69) is 17.1 Å².